The maximum absolute atomic E-state index is 3.89. The molecule has 2 aromatic rings. The van der Waals surface area contributed by atoms with Crippen molar-refractivity contribution in [2.75, 3.05) is 11.9 Å². The van der Waals surface area contributed by atoms with Crippen molar-refractivity contribution >= 4 is 16.5 Å². The zero-order chi connectivity index (χ0) is 13.5. The normalized spacial score (nSPS) is 10.6. The highest BCUT2D eigenvalue weighted by atomic mass is 14.9. The predicted octanol–water partition coefficient (Wildman–Crippen LogP) is 5.17. The van der Waals surface area contributed by atoms with E-state index < -0.39 is 0 Å². The summed E-state index contributed by atoms with van der Waals surface area (Å²) < 4.78 is 0. The molecular weight excluding hydrogens is 230 g/mol. The van der Waals surface area contributed by atoms with Crippen molar-refractivity contribution in [3.05, 3.63) is 54.6 Å². The molecule has 0 saturated carbocycles. The number of benzene rings is 2. The molecule has 0 bridgehead atoms. The van der Waals surface area contributed by atoms with Crippen molar-refractivity contribution in [1.82, 2.24) is 0 Å². The molecule has 0 radical (unpaired) electrons. The molecule has 0 amide bonds. The molecule has 0 unspecified atom stereocenters. The van der Waals surface area contributed by atoms with Gasteiger partial charge in [0.15, 0.2) is 0 Å². The van der Waals surface area contributed by atoms with E-state index in [1.165, 1.54) is 41.3 Å². The van der Waals surface area contributed by atoms with E-state index in [-0.39, 0.29) is 0 Å². The number of hydrogen-bond donors (Lipinski definition) is 1. The van der Waals surface area contributed by atoms with E-state index in [1.54, 1.807) is 0 Å². The van der Waals surface area contributed by atoms with Crippen LogP contribution in [-0.4, -0.2) is 6.54 Å². The molecule has 1 N–H and O–H groups in total. The maximum atomic E-state index is 3.89. The third-order valence-corrected chi connectivity index (χ3v) is 3.48. The van der Waals surface area contributed by atoms with Crippen LogP contribution in [0.25, 0.3) is 10.8 Å². The predicted molar refractivity (Wildman–Crippen MR) is 85.9 cm³/mol. The summed E-state index contributed by atoms with van der Waals surface area (Å²) in [7, 11) is 0. The second-order valence-corrected chi connectivity index (χ2v) is 4.94. The van der Waals surface area contributed by atoms with Crippen LogP contribution in [-0.2, 0) is 6.42 Å². The molecule has 0 fully saturated rings. The Morgan fingerprint density at radius 1 is 1.11 bits per heavy atom. The topological polar surface area (TPSA) is 12.0 Å². The Kier molecular flexibility index (Phi) is 5.02. The van der Waals surface area contributed by atoms with E-state index in [2.05, 4.69) is 55.2 Å². The molecule has 0 spiro atoms. The van der Waals surface area contributed by atoms with Crippen LogP contribution in [0, 0.1) is 0 Å². The molecule has 0 atom stereocenters. The van der Waals surface area contributed by atoms with Gasteiger partial charge in [-0.3, -0.25) is 0 Å². The molecule has 100 valence electrons. The molecule has 1 heteroatoms. The lowest BCUT2D eigenvalue weighted by atomic mass is 10.00. The quantitative estimate of drug-likeness (QED) is 0.530. The van der Waals surface area contributed by atoms with Gasteiger partial charge in [0.05, 0.1) is 0 Å². The summed E-state index contributed by atoms with van der Waals surface area (Å²) in [5.41, 5.74) is 2.62. The van der Waals surface area contributed by atoms with Gasteiger partial charge < -0.3 is 5.32 Å². The fraction of sp³-hybridized carbons (Fsp3) is 0.333. The summed E-state index contributed by atoms with van der Waals surface area (Å²) in [5.74, 6) is 0. The number of nitrogens with one attached hydrogen (secondary N) is 1. The SMILES string of the molecule is C=CCc1c(NCCCCC)ccc2ccccc12. The summed E-state index contributed by atoms with van der Waals surface area (Å²) in [6.07, 6.45) is 6.68. The van der Waals surface area contributed by atoms with E-state index >= 15 is 0 Å². The van der Waals surface area contributed by atoms with Crippen LogP contribution in [0.4, 0.5) is 5.69 Å². The fourth-order valence-electron chi connectivity index (χ4n) is 2.46. The number of allylic oxidation sites excluding steroid dienone is 1. The molecule has 0 aliphatic rings. The van der Waals surface area contributed by atoms with Crippen molar-refractivity contribution < 1.29 is 0 Å². The van der Waals surface area contributed by atoms with Crippen LogP contribution >= 0.6 is 0 Å². The highest BCUT2D eigenvalue weighted by molar-refractivity contribution is 5.90. The molecule has 19 heavy (non-hydrogen) atoms. The minimum Gasteiger partial charge on any atom is -0.385 e. The van der Waals surface area contributed by atoms with Gasteiger partial charge >= 0.3 is 0 Å². The number of rotatable bonds is 7. The Labute approximate surface area is 116 Å². The number of hydrogen-bond acceptors (Lipinski definition) is 1. The minimum atomic E-state index is 0.914. The van der Waals surface area contributed by atoms with E-state index in [0.717, 1.165) is 13.0 Å². The van der Waals surface area contributed by atoms with E-state index in [9.17, 15) is 0 Å². The monoisotopic (exact) mass is 253 g/mol. The molecule has 0 aliphatic heterocycles. The third-order valence-electron chi connectivity index (χ3n) is 3.48. The van der Waals surface area contributed by atoms with Crippen molar-refractivity contribution in [3.8, 4) is 0 Å². The average Bonchev–Trinajstić information content (AvgIpc) is 2.45. The molecule has 0 heterocycles. The standard InChI is InChI=1S/C18H23N/c1-3-5-8-14-19-18-13-12-15-10-6-7-11-16(15)17(18)9-4-2/h4,6-7,10-13,19H,2-3,5,8-9,14H2,1H3. The lowest BCUT2D eigenvalue weighted by Crippen LogP contribution is -2.04. The highest BCUT2D eigenvalue weighted by Crippen LogP contribution is 2.27. The smallest absolute Gasteiger partial charge is 0.0382 e. The van der Waals surface area contributed by atoms with Crippen molar-refractivity contribution in [2.24, 2.45) is 0 Å². The van der Waals surface area contributed by atoms with Crippen LogP contribution in [0.3, 0.4) is 0 Å². The van der Waals surface area contributed by atoms with Crippen LogP contribution in [0.15, 0.2) is 49.1 Å². The number of anilines is 1. The van der Waals surface area contributed by atoms with E-state index in [1.807, 2.05) is 6.08 Å². The van der Waals surface area contributed by atoms with Crippen molar-refractivity contribution in [2.45, 2.75) is 32.6 Å². The van der Waals surface area contributed by atoms with Gasteiger partial charge in [-0.1, -0.05) is 56.2 Å². The van der Waals surface area contributed by atoms with Gasteiger partial charge in [0.2, 0.25) is 0 Å². The first kappa shape index (κ1) is 13.7. The molecule has 2 rings (SSSR count). The number of unbranched alkanes of at least 4 members (excludes halogenated alkanes) is 2. The Hall–Kier alpha value is -1.76. The molecule has 0 saturated heterocycles. The molecular formula is C18H23N. The van der Waals surface area contributed by atoms with Gasteiger partial charge in [-0.2, -0.15) is 0 Å². The Balaban J connectivity index is 2.26. The van der Waals surface area contributed by atoms with Gasteiger partial charge in [0, 0.05) is 12.2 Å². The van der Waals surface area contributed by atoms with Gasteiger partial charge in [-0.25, -0.2) is 0 Å². The summed E-state index contributed by atoms with van der Waals surface area (Å²) in [6.45, 7) is 7.17. The molecule has 0 aromatic heterocycles. The van der Waals surface area contributed by atoms with Gasteiger partial charge in [0.25, 0.3) is 0 Å². The van der Waals surface area contributed by atoms with E-state index in [4.69, 9.17) is 0 Å². The lowest BCUT2D eigenvalue weighted by molar-refractivity contribution is 0.743. The van der Waals surface area contributed by atoms with Crippen molar-refractivity contribution in [1.29, 1.82) is 0 Å². The fourth-order valence-corrected chi connectivity index (χ4v) is 2.46. The molecule has 0 aliphatic carbocycles. The van der Waals surface area contributed by atoms with Crippen LogP contribution in [0.1, 0.15) is 31.7 Å². The lowest BCUT2D eigenvalue weighted by Gasteiger charge is -2.14. The first-order valence-electron chi connectivity index (χ1n) is 7.22. The maximum Gasteiger partial charge on any atom is 0.0382 e. The number of fused-ring (bicyclic) bond motifs is 1. The second kappa shape index (κ2) is 6.98. The van der Waals surface area contributed by atoms with Gasteiger partial charge in [0.1, 0.15) is 0 Å². The van der Waals surface area contributed by atoms with Gasteiger partial charge in [-0.05, 0) is 35.2 Å². The minimum absolute atomic E-state index is 0.914. The zero-order valence-electron chi connectivity index (χ0n) is 11.8. The third kappa shape index (κ3) is 3.37. The summed E-state index contributed by atoms with van der Waals surface area (Å²) in [6, 6.07) is 13.0. The molecule has 2 aromatic carbocycles. The van der Waals surface area contributed by atoms with Crippen LogP contribution in [0.5, 0.6) is 0 Å². The second-order valence-electron chi connectivity index (χ2n) is 4.94. The zero-order valence-corrected chi connectivity index (χ0v) is 11.8. The van der Waals surface area contributed by atoms with E-state index in [0.29, 0.717) is 0 Å². The van der Waals surface area contributed by atoms with Crippen LogP contribution < -0.4 is 5.32 Å². The highest BCUT2D eigenvalue weighted by Gasteiger charge is 2.05. The van der Waals surface area contributed by atoms with Crippen LogP contribution in [0.2, 0.25) is 0 Å². The average molecular weight is 253 g/mol. The summed E-state index contributed by atoms with van der Waals surface area (Å²) in [4.78, 5) is 0. The summed E-state index contributed by atoms with van der Waals surface area (Å²) >= 11 is 0. The largest absolute Gasteiger partial charge is 0.385 e. The first-order valence-corrected chi connectivity index (χ1v) is 7.22. The Morgan fingerprint density at radius 3 is 2.74 bits per heavy atom. The molecule has 1 nitrogen and oxygen atoms in total. The summed E-state index contributed by atoms with van der Waals surface area (Å²) in [5, 5.41) is 6.22. The Bertz CT molecular complexity index is 542. The van der Waals surface area contributed by atoms with Crippen molar-refractivity contribution in [3.63, 3.8) is 0 Å². The van der Waals surface area contributed by atoms with Gasteiger partial charge in [-0.15, -0.1) is 6.58 Å². The Morgan fingerprint density at radius 2 is 1.95 bits per heavy atom. The first-order chi connectivity index (χ1) is 9.36.